The first-order valence-corrected chi connectivity index (χ1v) is 3.19. The van der Waals surface area contributed by atoms with E-state index in [9.17, 15) is 9.59 Å². The molecular weight excluding hydrogens is 168 g/mol. The van der Waals surface area contributed by atoms with Gasteiger partial charge in [-0.25, -0.2) is 4.79 Å². The molecule has 0 rings (SSSR count). The van der Waals surface area contributed by atoms with E-state index in [-0.39, 0.29) is 12.0 Å². The van der Waals surface area contributed by atoms with Crippen molar-refractivity contribution in [2.24, 2.45) is 0 Å². The van der Waals surface area contributed by atoms with Gasteiger partial charge in [-0.1, -0.05) is 12.7 Å². The second-order valence-electron chi connectivity index (χ2n) is 1.82. The fourth-order valence-electron chi connectivity index (χ4n) is 0.381. The molecule has 0 spiro atoms. The Balaban J connectivity index is 3.80. The lowest BCUT2D eigenvalue weighted by Crippen LogP contribution is -1.96. The lowest BCUT2D eigenvalue weighted by molar-refractivity contribution is -0.132. The van der Waals surface area contributed by atoms with Gasteiger partial charge >= 0.3 is 5.97 Å². The molecule has 3 nitrogen and oxygen atoms in total. The molecule has 11 heavy (non-hydrogen) atoms. The van der Waals surface area contributed by atoms with E-state index in [0.29, 0.717) is 0 Å². The zero-order valence-electron chi connectivity index (χ0n) is 5.71. The minimum Gasteiger partial charge on any atom is -0.478 e. The summed E-state index contributed by atoms with van der Waals surface area (Å²) in [6.45, 7) is 3.25. The van der Waals surface area contributed by atoms with Gasteiger partial charge in [0.25, 0.3) is 0 Å². The molecule has 0 radical (unpaired) electrons. The van der Waals surface area contributed by atoms with Crippen LogP contribution in [0.25, 0.3) is 0 Å². The van der Waals surface area contributed by atoms with Gasteiger partial charge in [0, 0.05) is 5.57 Å². The number of allylic oxidation sites excluding steroid dienone is 2. The van der Waals surface area contributed by atoms with Crippen molar-refractivity contribution in [3.63, 3.8) is 0 Å². The summed E-state index contributed by atoms with van der Waals surface area (Å²) in [7, 11) is 0. The van der Waals surface area contributed by atoms with Crippen LogP contribution in [0.3, 0.4) is 0 Å². The molecule has 0 atom stereocenters. The van der Waals surface area contributed by atoms with Crippen LogP contribution >= 0.6 is 11.6 Å². The molecule has 0 fully saturated rings. The van der Waals surface area contributed by atoms with Crippen molar-refractivity contribution >= 4 is 22.8 Å². The molecule has 0 aromatic rings. The van der Waals surface area contributed by atoms with Gasteiger partial charge in [0.1, 0.15) is 0 Å². The van der Waals surface area contributed by atoms with Crippen molar-refractivity contribution in [1.82, 2.24) is 0 Å². The van der Waals surface area contributed by atoms with Crippen molar-refractivity contribution in [2.75, 3.05) is 0 Å². The number of carbonyl (C=O) groups is 2. The minimum absolute atomic E-state index is 0.0270. The topological polar surface area (TPSA) is 54.4 Å². The third kappa shape index (κ3) is 5.36. The Kier molecular flexibility index (Phi) is 4.22. The summed E-state index contributed by atoms with van der Waals surface area (Å²) in [4.78, 5) is 20.2. The summed E-state index contributed by atoms with van der Waals surface area (Å²) in [6, 6.07) is 0. The first kappa shape index (κ1) is 9.91. The van der Waals surface area contributed by atoms with E-state index in [1.807, 2.05) is 0 Å². The molecule has 0 saturated heterocycles. The number of carboxylic acid groups (broad SMARTS) is 1. The van der Waals surface area contributed by atoms with Crippen molar-refractivity contribution in [3.05, 3.63) is 24.3 Å². The largest absolute Gasteiger partial charge is 0.478 e. The lowest BCUT2D eigenvalue weighted by atomic mass is 10.2. The van der Waals surface area contributed by atoms with E-state index in [1.54, 1.807) is 0 Å². The summed E-state index contributed by atoms with van der Waals surface area (Å²) in [5.41, 5.74) is 0.0270. The fourth-order valence-corrected chi connectivity index (χ4v) is 0.470. The summed E-state index contributed by atoms with van der Waals surface area (Å²) >= 11 is 4.94. The quantitative estimate of drug-likeness (QED) is 0.517. The zero-order valence-corrected chi connectivity index (χ0v) is 6.47. The SMILES string of the molecule is C=C(CC=CC(=O)Cl)C(=O)O. The number of carboxylic acids is 1. The molecule has 0 aromatic heterocycles. The Morgan fingerprint density at radius 2 is 2.09 bits per heavy atom. The predicted molar refractivity (Wildman–Crippen MR) is 41.4 cm³/mol. The summed E-state index contributed by atoms with van der Waals surface area (Å²) in [5.74, 6) is -1.07. The van der Waals surface area contributed by atoms with Crippen molar-refractivity contribution in [3.8, 4) is 0 Å². The number of carbonyl (C=O) groups excluding carboxylic acids is 1. The fraction of sp³-hybridized carbons (Fsp3) is 0.143. The highest BCUT2D eigenvalue weighted by Gasteiger charge is 1.99. The van der Waals surface area contributed by atoms with Gasteiger partial charge in [-0.3, -0.25) is 4.79 Å². The maximum atomic E-state index is 10.1. The molecule has 60 valence electrons. The third-order valence-electron chi connectivity index (χ3n) is 0.916. The van der Waals surface area contributed by atoms with Crippen LogP contribution < -0.4 is 0 Å². The van der Waals surface area contributed by atoms with E-state index in [1.165, 1.54) is 6.08 Å². The summed E-state index contributed by atoms with van der Waals surface area (Å²) in [5, 5.41) is 7.67. The van der Waals surface area contributed by atoms with Gasteiger partial charge in [-0.05, 0) is 24.1 Å². The van der Waals surface area contributed by atoms with E-state index >= 15 is 0 Å². The molecule has 0 aromatic carbocycles. The van der Waals surface area contributed by atoms with Crippen LogP contribution in [0.4, 0.5) is 0 Å². The zero-order chi connectivity index (χ0) is 8.85. The van der Waals surface area contributed by atoms with Crippen molar-refractivity contribution < 1.29 is 14.7 Å². The molecule has 0 unspecified atom stereocenters. The average Bonchev–Trinajstić information content (AvgIpc) is 1.86. The normalized spacial score (nSPS) is 9.91. The van der Waals surface area contributed by atoms with Crippen LogP contribution in [0, 0.1) is 0 Å². The second-order valence-corrected chi connectivity index (χ2v) is 2.19. The van der Waals surface area contributed by atoms with E-state index in [4.69, 9.17) is 16.7 Å². The minimum atomic E-state index is -1.07. The number of halogens is 1. The molecule has 0 amide bonds. The Hall–Kier alpha value is -1.09. The van der Waals surface area contributed by atoms with E-state index < -0.39 is 11.2 Å². The van der Waals surface area contributed by atoms with Crippen LogP contribution in [0.1, 0.15) is 6.42 Å². The van der Waals surface area contributed by atoms with E-state index in [0.717, 1.165) is 6.08 Å². The number of hydrogen-bond acceptors (Lipinski definition) is 2. The molecule has 0 aliphatic heterocycles. The Labute approximate surface area is 69.0 Å². The number of rotatable bonds is 4. The maximum Gasteiger partial charge on any atom is 0.331 e. The summed E-state index contributed by atoms with van der Waals surface area (Å²) in [6.07, 6.45) is 2.58. The third-order valence-corrected chi connectivity index (χ3v) is 1.04. The highest BCUT2D eigenvalue weighted by atomic mass is 35.5. The van der Waals surface area contributed by atoms with Crippen LogP contribution in [0.15, 0.2) is 24.3 Å². The van der Waals surface area contributed by atoms with Crippen molar-refractivity contribution in [1.29, 1.82) is 0 Å². The molecule has 0 aliphatic rings. The number of aliphatic carboxylic acids is 1. The van der Waals surface area contributed by atoms with E-state index in [2.05, 4.69) is 6.58 Å². The second kappa shape index (κ2) is 4.68. The van der Waals surface area contributed by atoms with Gasteiger partial charge in [-0.2, -0.15) is 0 Å². The standard InChI is InChI=1S/C7H7ClO3/c1-5(7(10)11)3-2-4-6(8)9/h2,4H,1,3H2,(H,10,11). The average molecular weight is 175 g/mol. The number of hydrogen-bond donors (Lipinski definition) is 1. The molecule has 1 N–H and O–H groups in total. The van der Waals surface area contributed by atoms with Crippen LogP contribution in [0.2, 0.25) is 0 Å². The summed E-state index contributed by atoms with van der Waals surface area (Å²) < 4.78 is 0. The maximum absolute atomic E-state index is 10.1. The molecule has 0 heterocycles. The van der Waals surface area contributed by atoms with Gasteiger partial charge in [0.15, 0.2) is 0 Å². The Morgan fingerprint density at radius 3 is 2.45 bits per heavy atom. The van der Waals surface area contributed by atoms with Crippen LogP contribution in [-0.2, 0) is 9.59 Å². The van der Waals surface area contributed by atoms with Crippen molar-refractivity contribution in [2.45, 2.75) is 6.42 Å². The highest BCUT2D eigenvalue weighted by Crippen LogP contribution is 1.99. The van der Waals surface area contributed by atoms with Crippen LogP contribution in [-0.4, -0.2) is 16.3 Å². The molecule has 0 saturated carbocycles. The smallest absolute Gasteiger partial charge is 0.331 e. The molecule has 0 bridgehead atoms. The van der Waals surface area contributed by atoms with Gasteiger partial charge in [-0.15, -0.1) is 0 Å². The monoisotopic (exact) mass is 174 g/mol. The van der Waals surface area contributed by atoms with Gasteiger partial charge < -0.3 is 5.11 Å². The van der Waals surface area contributed by atoms with Crippen LogP contribution in [0.5, 0.6) is 0 Å². The first-order chi connectivity index (χ1) is 5.04. The molecular formula is C7H7ClO3. The molecule has 0 aliphatic carbocycles. The predicted octanol–water partition coefficient (Wildman–Crippen LogP) is 1.34. The molecule has 4 heteroatoms. The lowest BCUT2D eigenvalue weighted by Gasteiger charge is -1.90. The Bertz CT molecular complexity index is 218. The Morgan fingerprint density at radius 1 is 1.55 bits per heavy atom. The van der Waals surface area contributed by atoms with Gasteiger partial charge in [0.2, 0.25) is 5.24 Å². The van der Waals surface area contributed by atoms with Gasteiger partial charge in [0.05, 0.1) is 0 Å². The highest BCUT2D eigenvalue weighted by molar-refractivity contribution is 6.66. The first-order valence-electron chi connectivity index (χ1n) is 2.81.